The van der Waals surface area contributed by atoms with Gasteiger partial charge in [0.1, 0.15) is 11.6 Å². The van der Waals surface area contributed by atoms with E-state index in [2.05, 4.69) is 5.32 Å². The van der Waals surface area contributed by atoms with Gasteiger partial charge in [0.25, 0.3) is 5.56 Å². The molecule has 0 bridgehead atoms. The van der Waals surface area contributed by atoms with E-state index in [1.807, 2.05) is 17.5 Å². The molecule has 2 heterocycles. The maximum absolute atomic E-state index is 12.9. The summed E-state index contributed by atoms with van der Waals surface area (Å²) >= 11 is 7.04. The van der Waals surface area contributed by atoms with Crippen molar-refractivity contribution in [1.29, 1.82) is 0 Å². The Labute approximate surface area is 167 Å². The monoisotopic (exact) mass is 435 g/mol. The second kappa shape index (κ2) is 9.24. The summed E-state index contributed by atoms with van der Waals surface area (Å²) in [5.74, 6) is -1.09. The van der Waals surface area contributed by atoms with Crippen molar-refractivity contribution in [3.8, 4) is 0 Å². The average molecular weight is 436 g/mol. The van der Waals surface area contributed by atoms with Gasteiger partial charge >= 0.3 is 6.18 Å². The van der Waals surface area contributed by atoms with Crippen molar-refractivity contribution in [2.24, 2.45) is 0 Å². The molecule has 2 aromatic rings. The molecule has 0 saturated carbocycles. The zero-order valence-electron chi connectivity index (χ0n) is 14.8. The van der Waals surface area contributed by atoms with Gasteiger partial charge in [-0.05, 0) is 24.4 Å². The van der Waals surface area contributed by atoms with Gasteiger partial charge in [-0.1, -0.05) is 17.7 Å². The number of amides is 2. The summed E-state index contributed by atoms with van der Waals surface area (Å²) in [4.78, 5) is 38.5. The Kier molecular flexibility index (Phi) is 7.25. The van der Waals surface area contributed by atoms with Gasteiger partial charge in [-0.15, -0.1) is 11.3 Å². The van der Waals surface area contributed by atoms with Gasteiger partial charge in [-0.3, -0.25) is 14.4 Å². The third-order valence-electron chi connectivity index (χ3n) is 3.78. The number of nitrogens with zero attached hydrogens (tertiary/aromatic N) is 2. The van der Waals surface area contributed by atoms with Crippen LogP contribution in [0.4, 0.5) is 13.2 Å². The van der Waals surface area contributed by atoms with Crippen LogP contribution < -0.4 is 10.9 Å². The van der Waals surface area contributed by atoms with Crippen molar-refractivity contribution >= 4 is 34.8 Å². The molecule has 0 aliphatic heterocycles. The molecular formula is C17H17ClF3N3O3S. The van der Waals surface area contributed by atoms with E-state index in [0.717, 1.165) is 9.78 Å². The number of aromatic nitrogens is 1. The van der Waals surface area contributed by atoms with E-state index >= 15 is 0 Å². The maximum atomic E-state index is 12.9. The Morgan fingerprint density at radius 2 is 2.07 bits per heavy atom. The Hall–Kier alpha value is -2.33. The van der Waals surface area contributed by atoms with Crippen LogP contribution in [0.5, 0.6) is 0 Å². The van der Waals surface area contributed by atoms with Crippen LogP contribution in [-0.2, 0) is 28.9 Å². The highest BCUT2D eigenvalue weighted by Crippen LogP contribution is 2.29. The number of pyridine rings is 1. The molecule has 152 valence electrons. The Morgan fingerprint density at radius 1 is 1.36 bits per heavy atom. The number of carbonyl (C=O) groups is 2. The minimum Gasteiger partial charge on any atom is -0.350 e. The number of hydrogen-bond acceptors (Lipinski definition) is 4. The molecule has 2 rings (SSSR count). The fourth-order valence-corrected chi connectivity index (χ4v) is 3.19. The van der Waals surface area contributed by atoms with E-state index in [1.54, 1.807) is 6.92 Å². The standard InChI is InChI=1S/C17H17ClF3N3O3S/c1-2-23(9-14(25)22-7-12-4-3-5-28-12)15(26)10-24-8-11(17(19,20)21)6-13(18)16(24)27/h3-6,8H,2,7,9-10H2,1H3,(H,22,25). The number of halogens is 4. The van der Waals surface area contributed by atoms with Crippen LogP contribution in [0.1, 0.15) is 17.4 Å². The van der Waals surface area contributed by atoms with E-state index in [0.29, 0.717) is 23.4 Å². The summed E-state index contributed by atoms with van der Waals surface area (Å²) in [6, 6.07) is 4.20. The molecule has 0 unspecified atom stereocenters. The molecular weight excluding hydrogens is 419 g/mol. The Morgan fingerprint density at radius 3 is 2.64 bits per heavy atom. The lowest BCUT2D eigenvalue weighted by molar-refractivity contribution is -0.139. The van der Waals surface area contributed by atoms with Crippen LogP contribution >= 0.6 is 22.9 Å². The molecule has 11 heteroatoms. The third-order valence-corrected chi connectivity index (χ3v) is 4.93. The number of likely N-dealkylation sites (N-methyl/N-ethyl adjacent to an activating group) is 1. The fraction of sp³-hybridized carbons (Fsp3) is 0.353. The highest BCUT2D eigenvalue weighted by molar-refractivity contribution is 7.09. The Bertz CT molecular complexity index is 897. The molecule has 2 aromatic heterocycles. The van der Waals surface area contributed by atoms with Crippen molar-refractivity contribution in [2.45, 2.75) is 26.2 Å². The predicted octanol–water partition coefficient (Wildman–Crippen LogP) is 2.75. The number of rotatable bonds is 7. The average Bonchev–Trinajstić information content (AvgIpc) is 3.14. The van der Waals surface area contributed by atoms with Gasteiger partial charge < -0.3 is 14.8 Å². The lowest BCUT2D eigenvalue weighted by Crippen LogP contribution is -2.42. The van der Waals surface area contributed by atoms with Crippen LogP contribution in [0.15, 0.2) is 34.6 Å². The second-order valence-corrected chi connectivity index (χ2v) is 7.21. The number of alkyl halides is 3. The zero-order valence-corrected chi connectivity index (χ0v) is 16.3. The van der Waals surface area contributed by atoms with Crippen molar-refractivity contribution in [2.75, 3.05) is 13.1 Å². The van der Waals surface area contributed by atoms with E-state index in [4.69, 9.17) is 11.6 Å². The van der Waals surface area contributed by atoms with Crippen LogP contribution in [0, 0.1) is 0 Å². The first-order valence-electron chi connectivity index (χ1n) is 8.15. The second-order valence-electron chi connectivity index (χ2n) is 5.77. The van der Waals surface area contributed by atoms with Crippen LogP contribution in [-0.4, -0.2) is 34.4 Å². The van der Waals surface area contributed by atoms with Crippen molar-refractivity contribution in [3.63, 3.8) is 0 Å². The van der Waals surface area contributed by atoms with E-state index in [9.17, 15) is 27.6 Å². The van der Waals surface area contributed by atoms with Gasteiger partial charge in [0.05, 0.1) is 18.7 Å². The largest absolute Gasteiger partial charge is 0.417 e. The number of carbonyl (C=O) groups excluding carboxylic acids is 2. The first-order chi connectivity index (χ1) is 13.1. The van der Waals surface area contributed by atoms with Gasteiger partial charge in [0.2, 0.25) is 11.8 Å². The minimum absolute atomic E-state index is 0.146. The molecule has 2 amide bonds. The van der Waals surface area contributed by atoms with Gasteiger partial charge in [0, 0.05) is 17.6 Å². The molecule has 6 nitrogen and oxygen atoms in total. The minimum atomic E-state index is -4.71. The summed E-state index contributed by atoms with van der Waals surface area (Å²) in [5.41, 5.74) is -2.05. The zero-order chi connectivity index (χ0) is 20.9. The molecule has 0 radical (unpaired) electrons. The molecule has 0 aromatic carbocycles. The molecule has 0 spiro atoms. The quantitative estimate of drug-likeness (QED) is 0.727. The van der Waals surface area contributed by atoms with Crippen LogP contribution in [0.25, 0.3) is 0 Å². The fourth-order valence-electron chi connectivity index (χ4n) is 2.32. The SMILES string of the molecule is CCN(CC(=O)NCc1cccs1)C(=O)Cn1cc(C(F)(F)F)cc(Cl)c1=O. The smallest absolute Gasteiger partial charge is 0.350 e. The number of thiophene rings is 1. The van der Waals surface area contributed by atoms with Crippen molar-refractivity contribution in [3.05, 3.63) is 55.6 Å². The van der Waals surface area contributed by atoms with Gasteiger partial charge in [-0.2, -0.15) is 13.2 Å². The summed E-state index contributed by atoms with van der Waals surface area (Å²) in [6.07, 6.45) is -4.18. The first kappa shape index (κ1) is 22.0. The predicted molar refractivity (Wildman–Crippen MR) is 99.1 cm³/mol. The molecule has 28 heavy (non-hydrogen) atoms. The van der Waals surface area contributed by atoms with Crippen LogP contribution in [0.3, 0.4) is 0 Å². The van der Waals surface area contributed by atoms with E-state index in [1.165, 1.54) is 11.3 Å². The summed E-state index contributed by atoms with van der Waals surface area (Å²) in [6.45, 7) is 1.14. The van der Waals surface area contributed by atoms with E-state index < -0.39 is 40.7 Å². The molecule has 1 N–H and O–H groups in total. The number of nitrogens with one attached hydrogen (secondary N) is 1. The van der Waals surface area contributed by atoms with Gasteiger partial charge in [0.15, 0.2) is 0 Å². The topological polar surface area (TPSA) is 71.4 Å². The maximum Gasteiger partial charge on any atom is 0.417 e. The van der Waals surface area contributed by atoms with Crippen LogP contribution in [0.2, 0.25) is 5.02 Å². The highest BCUT2D eigenvalue weighted by atomic mass is 35.5. The van der Waals surface area contributed by atoms with Crippen molar-refractivity contribution < 1.29 is 22.8 Å². The Balaban J connectivity index is 2.06. The molecule has 0 aliphatic rings. The number of hydrogen-bond donors (Lipinski definition) is 1. The van der Waals surface area contributed by atoms with E-state index in [-0.39, 0.29) is 13.1 Å². The molecule has 0 atom stereocenters. The lowest BCUT2D eigenvalue weighted by Gasteiger charge is -2.21. The first-order valence-corrected chi connectivity index (χ1v) is 9.41. The molecule has 0 aliphatic carbocycles. The summed E-state index contributed by atoms with van der Waals surface area (Å²) in [5, 5.41) is 3.88. The normalized spacial score (nSPS) is 11.3. The third kappa shape index (κ3) is 5.83. The lowest BCUT2D eigenvalue weighted by atomic mass is 10.2. The molecule has 0 fully saturated rings. The van der Waals surface area contributed by atoms with Gasteiger partial charge in [-0.25, -0.2) is 0 Å². The summed E-state index contributed by atoms with van der Waals surface area (Å²) in [7, 11) is 0. The van der Waals surface area contributed by atoms with Crippen molar-refractivity contribution in [1.82, 2.24) is 14.8 Å². The highest BCUT2D eigenvalue weighted by Gasteiger charge is 2.32. The molecule has 0 saturated heterocycles. The summed E-state index contributed by atoms with van der Waals surface area (Å²) < 4.78 is 39.3.